The normalized spacial score (nSPS) is 11.5. The average molecular weight is 464 g/mol. The fraction of sp³-hybridized carbons (Fsp3) is 0.105. The number of halogens is 2. The Bertz CT molecular complexity index is 1010. The van der Waals surface area contributed by atoms with Gasteiger partial charge in [0.05, 0.1) is 22.5 Å². The van der Waals surface area contributed by atoms with Crippen LogP contribution in [0.4, 0.5) is 0 Å². The summed E-state index contributed by atoms with van der Waals surface area (Å²) in [4.78, 5) is 24.4. The van der Waals surface area contributed by atoms with Gasteiger partial charge in [-0.15, -0.1) is 0 Å². The topological polar surface area (TPSA) is 85.2 Å². The summed E-state index contributed by atoms with van der Waals surface area (Å²) in [5.41, 5.74) is 5.59. The number of hydrogen-bond donors (Lipinski definition) is 2. The number of hydrazine groups is 1. The van der Waals surface area contributed by atoms with E-state index >= 15 is 0 Å². The molecule has 144 valence electrons. The van der Waals surface area contributed by atoms with Gasteiger partial charge in [-0.1, -0.05) is 45.7 Å². The summed E-state index contributed by atoms with van der Waals surface area (Å²) >= 11 is 9.46. The molecule has 0 aliphatic rings. The van der Waals surface area contributed by atoms with Crippen LogP contribution >= 0.6 is 27.5 Å². The Morgan fingerprint density at radius 3 is 2.71 bits per heavy atom. The minimum atomic E-state index is -0.805. The molecule has 0 fully saturated rings. The number of carbonyl (C=O) groups excluding carboxylic acids is 2. The highest BCUT2D eigenvalue weighted by Gasteiger charge is 2.17. The standard InChI is InChI=1S/C19H16BrClN4O3/c1-12(28-15-6-4-5-14(20)9-15)18(26)23-24-19(27)13-10-22-25(11-13)17-8-3-2-7-16(17)21/h2-12H,1H3,(H,23,26)(H,24,27). The third-order valence-electron chi connectivity index (χ3n) is 3.72. The highest BCUT2D eigenvalue weighted by Crippen LogP contribution is 2.20. The Balaban J connectivity index is 1.56. The lowest BCUT2D eigenvalue weighted by molar-refractivity contribution is -0.128. The van der Waals surface area contributed by atoms with E-state index < -0.39 is 17.9 Å². The molecule has 0 bridgehead atoms. The third kappa shape index (κ3) is 4.90. The number of carbonyl (C=O) groups is 2. The summed E-state index contributed by atoms with van der Waals surface area (Å²) in [6, 6.07) is 14.2. The maximum atomic E-state index is 12.2. The van der Waals surface area contributed by atoms with Crippen molar-refractivity contribution in [2.24, 2.45) is 0 Å². The van der Waals surface area contributed by atoms with Gasteiger partial charge in [0.25, 0.3) is 11.8 Å². The van der Waals surface area contributed by atoms with Crippen LogP contribution in [0.5, 0.6) is 5.75 Å². The number of ether oxygens (including phenoxy) is 1. The van der Waals surface area contributed by atoms with Crippen LogP contribution in [0, 0.1) is 0 Å². The van der Waals surface area contributed by atoms with Gasteiger partial charge in [-0.25, -0.2) is 4.68 Å². The van der Waals surface area contributed by atoms with E-state index in [0.29, 0.717) is 16.5 Å². The molecule has 1 atom stereocenters. The molecular weight excluding hydrogens is 448 g/mol. The first-order chi connectivity index (χ1) is 13.4. The van der Waals surface area contributed by atoms with Crippen molar-refractivity contribution < 1.29 is 14.3 Å². The van der Waals surface area contributed by atoms with Crippen molar-refractivity contribution in [3.63, 3.8) is 0 Å². The number of benzene rings is 2. The molecule has 0 saturated heterocycles. The van der Waals surface area contributed by atoms with Crippen molar-refractivity contribution in [1.29, 1.82) is 0 Å². The summed E-state index contributed by atoms with van der Waals surface area (Å²) in [6.45, 7) is 1.58. The average Bonchev–Trinajstić information content (AvgIpc) is 3.16. The van der Waals surface area contributed by atoms with Crippen LogP contribution in [0.1, 0.15) is 17.3 Å². The van der Waals surface area contributed by atoms with Crippen LogP contribution in [0.3, 0.4) is 0 Å². The maximum Gasteiger partial charge on any atom is 0.279 e. The predicted molar refractivity (Wildman–Crippen MR) is 108 cm³/mol. The maximum absolute atomic E-state index is 12.2. The Hall–Kier alpha value is -2.84. The summed E-state index contributed by atoms with van der Waals surface area (Å²) in [5.74, 6) is -0.475. The number of para-hydroxylation sites is 1. The molecular formula is C19H16BrClN4O3. The number of nitrogens with one attached hydrogen (secondary N) is 2. The van der Waals surface area contributed by atoms with Gasteiger partial charge in [0, 0.05) is 10.7 Å². The lowest BCUT2D eigenvalue weighted by Crippen LogP contribution is -2.47. The Labute approximate surface area is 174 Å². The lowest BCUT2D eigenvalue weighted by atomic mass is 10.3. The second-order valence-electron chi connectivity index (χ2n) is 5.79. The second-order valence-corrected chi connectivity index (χ2v) is 7.11. The smallest absolute Gasteiger partial charge is 0.279 e. The van der Waals surface area contributed by atoms with Gasteiger partial charge in [-0.3, -0.25) is 20.4 Å². The number of aromatic nitrogens is 2. The zero-order valence-electron chi connectivity index (χ0n) is 14.7. The molecule has 0 radical (unpaired) electrons. The van der Waals surface area contributed by atoms with Crippen LogP contribution in [0.15, 0.2) is 65.4 Å². The van der Waals surface area contributed by atoms with Gasteiger partial charge in [0.2, 0.25) is 0 Å². The summed E-state index contributed by atoms with van der Waals surface area (Å²) in [6.07, 6.45) is 2.09. The quantitative estimate of drug-likeness (QED) is 0.567. The number of rotatable bonds is 5. The summed E-state index contributed by atoms with van der Waals surface area (Å²) in [5, 5.41) is 4.63. The summed E-state index contributed by atoms with van der Waals surface area (Å²) in [7, 11) is 0. The molecule has 2 amide bonds. The molecule has 1 aromatic heterocycles. The van der Waals surface area contributed by atoms with Crippen LogP contribution in [-0.4, -0.2) is 27.7 Å². The third-order valence-corrected chi connectivity index (χ3v) is 4.53. The van der Waals surface area contributed by atoms with Crippen molar-refractivity contribution in [1.82, 2.24) is 20.6 Å². The minimum Gasteiger partial charge on any atom is -0.481 e. The SMILES string of the molecule is CC(Oc1cccc(Br)c1)C(=O)NNC(=O)c1cnn(-c2ccccc2Cl)c1. The molecule has 0 aliphatic heterocycles. The van der Waals surface area contributed by atoms with Gasteiger partial charge in [0.15, 0.2) is 6.10 Å². The first kappa shape index (κ1) is 19.9. The molecule has 0 saturated carbocycles. The second kappa shape index (κ2) is 8.90. The van der Waals surface area contributed by atoms with E-state index in [2.05, 4.69) is 31.9 Å². The molecule has 2 N–H and O–H groups in total. The van der Waals surface area contributed by atoms with E-state index in [1.165, 1.54) is 17.1 Å². The van der Waals surface area contributed by atoms with E-state index in [-0.39, 0.29) is 5.56 Å². The monoisotopic (exact) mass is 462 g/mol. The van der Waals surface area contributed by atoms with E-state index in [1.807, 2.05) is 12.1 Å². The van der Waals surface area contributed by atoms with Gasteiger partial charge in [-0.2, -0.15) is 5.10 Å². The van der Waals surface area contributed by atoms with Crippen molar-refractivity contribution in [2.45, 2.75) is 13.0 Å². The first-order valence-electron chi connectivity index (χ1n) is 8.26. The van der Waals surface area contributed by atoms with Crippen molar-refractivity contribution in [3.8, 4) is 11.4 Å². The van der Waals surface area contributed by atoms with E-state index in [0.717, 1.165) is 4.47 Å². The lowest BCUT2D eigenvalue weighted by Gasteiger charge is -2.15. The summed E-state index contributed by atoms with van der Waals surface area (Å²) < 4.78 is 7.86. The van der Waals surface area contributed by atoms with Gasteiger partial charge in [-0.05, 0) is 37.3 Å². The zero-order valence-corrected chi connectivity index (χ0v) is 17.1. The number of nitrogens with zero attached hydrogens (tertiary/aromatic N) is 2. The predicted octanol–water partition coefficient (Wildman–Crippen LogP) is 3.52. The molecule has 2 aromatic carbocycles. The molecule has 0 spiro atoms. The Morgan fingerprint density at radius 1 is 1.18 bits per heavy atom. The Kier molecular flexibility index (Phi) is 6.33. The first-order valence-corrected chi connectivity index (χ1v) is 9.43. The molecule has 9 heteroatoms. The van der Waals surface area contributed by atoms with Crippen LogP contribution < -0.4 is 15.6 Å². The van der Waals surface area contributed by atoms with Crippen molar-refractivity contribution >= 4 is 39.3 Å². The van der Waals surface area contributed by atoms with Gasteiger partial charge < -0.3 is 4.74 Å². The van der Waals surface area contributed by atoms with E-state index in [9.17, 15) is 9.59 Å². The zero-order chi connectivity index (χ0) is 20.1. The molecule has 3 rings (SSSR count). The Morgan fingerprint density at radius 2 is 1.96 bits per heavy atom. The fourth-order valence-corrected chi connectivity index (χ4v) is 2.90. The molecule has 1 unspecified atom stereocenters. The molecule has 28 heavy (non-hydrogen) atoms. The highest BCUT2D eigenvalue weighted by atomic mass is 79.9. The molecule has 7 nitrogen and oxygen atoms in total. The van der Waals surface area contributed by atoms with E-state index in [4.69, 9.17) is 16.3 Å². The largest absolute Gasteiger partial charge is 0.481 e. The van der Waals surface area contributed by atoms with Crippen LogP contribution in [0.25, 0.3) is 5.69 Å². The molecule has 0 aliphatic carbocycles. The van der Waals surface area contributed by atoms with Crippen molar-refractivity contribution in [3.05, 3.63) is 76.0 Å². The highest BCUT2D eigenvalue weighted by molar-refractivity contribution is 9.10. The van der Waals surface area contributed by atoms with Crippen molar-refractivity contribution in [2.75, 3.05) is 0 Å². The van der Waals surface area contributed by atoms with Crippen LogP contribution in [0.2, 0.25) is 5.02 Å². The number of amides is 2. The molecule has 3 aromatic rings. The van der Waals surface area contributed by atoms with Gasteiger partial charge >= 0.3 is 0 Å². The fourth-order valence-electron chi connectivity index (χ4n) is 2.30. The molecule has 1 heterocycles. The number of hydrogen-bond acceptors (Lipinski definition) is 4. The van der Waals surface area contributed by atoms with E-state index in [1.54, 1.807) is 43.3 Å². The minimum absolute atomic E-state index is 0.265. The van der Waals surface area contributed by atoms with Gasteiger partial charge in [0.1, 0.15) is 5.75 Å². The van der Waals surface area contributed by atoms with Crippen LogP contribution in [-0.2, 0) is 4.79 Å².